The fraction of sp³-hybridized carbons (Fsp3) is 0.318. The van der Waals surface area contributed by atoms with Crippen molar-refractivity contribution in [2.24, 2.45) is 5.92 Å². The highest BCUT2D eigenvalue weighted by atomic mass is 19.1. The third-order valence-electron chi connectivity index (χ3n) is 5.80. The molecule has 0 radical (unpaired) electrons. The van der Waals surface area contributed by atoms with E-state index >= 15 is 0 Å². The SMILES string of the molecule is O=C(NCC1CCC(c2nnc(-c3cnccn3)o2)CC1)c1cc2cc(F)ccc2[nH]1. The molecule has 8 nitrogen and oxygen atoms in total. The summed E-state index contributed by atoms with van der Waals surface area (Å²) in [6.07, 6.45) is 8.56. The number of amides is 1. The molecule has 5 rings (SSSR count). The summed E-state index contributed by atoms with van der Waals surface area (Å²) < 4.78 is 19.2. The Labute approximate surface area is 177 Å². The molecule has 0 bridgehead atoms. The zero-order valence-corrected chi connectivity index (χ0v) is 16.7. The molecule has 31 heavy (non-hydrogen) atoms. The minimum absolute atomic E-state index is 0.177. The average molecular weight is 420 g/mol. The summed E-state index contributed by atoms with van der Waals surface area (Å²) in [5.41, 5.74) is 1.75. The van der Waals surface area contributed by atoms with E-state index in [1.54, 1.807) is 30.7 Å². The molecule has 0 saturated heterocycles. The largest absolute Gasteiger partial charge is 0.419 e. The zero-order valence-electron chi connectivity index (χ0n) is 16.7. The van der Waals surface area contributed by atoms with Crippen LogP contribution in [0.1, 0.15) is 48.0 Å². The molecule has 1 fully saturated rings. The Hall–Kier alpha value is -3.62. The van der Waals surface area contributed by atoms with E-state index in [-0.39, 0.29) is 17.6 Å². The van der Waals surface area contributed by atoms with Crippen molar-refractivity contribution in [2.75, 3.05) is 6.54 Å². The van der Waals surface area contributed by atoms with Gasteiger partial charge in [-0.1, -0.05) is 0 Å². The van der Waals surface area contributed by atoms with Gasteiger partial charge in [-0.2, -0.15) is 0 Å². The number of nitrogens with zero attached hydrogens (tertiary/aromatic N) is 4. The van der Waals surface area contributed by atoms with Gasteiger partial charge < -0.3 is 14.7 Å². The summed E-state index contributed by atoms with van der Waals surface area (Å²) in [6, 6.07) is 6.10. The third kappa shape index (κ3) is 4.16. The Balaban J connectivity index is 1.14. The first-order valence-corrected chi connectivity index (χ1v) is 10.3. The van der Waals surface area contributed by atoms with Crippen LogP contribution in [0.2, 0.25) is 0 Å². The molecule has 2 N–H and O–H groups in total. The van der Waals surface area contributed by atoms with Crippen molar-refractivity contribution in [3.05, 3.63) is 60.3 Å². The molecule has 3 heterocycles. The fourth-order valence-corrected chi connectivity index (χ4v) is 4.08. The molecule has 158 valence electrons. The molecule has 0 aliphatic heterocycles. The first-order valence-electron chi connectivity index (χ1n) is 10.3. The number of halogens is 1. The molecule has 3 aromatic heterocycles. The number of H-pyrrole nitrogens is 1. The van der Waals surface area contributed by atoms with Crippen molar-refractivity contribution in [1.82, 2.24) is 30.5 Å². The van der Waals surface area contributed by atoms with E-state index in [0.29, 0.717) is 41.0 Å². The highest BCUT2D eigenvalue weighted by molar-refractivity contribution is 5.98. The van der Waals surface area contributed by atoms with Crippen LogP contribution < -0.4 is 5.32 Å². The molecule has 9 heteroatoms. The standard InChI is InChI=1S/C22H21FN6O2/c23-16-5-6-17-15(9-16)10-18(27-17)20(30)26-11-13-1-3-14(4-2-13)21-28-29-22(31-21)19-12-24-7-8-25-19/h5-10,12-14,27H,1-4,11H2,(H,26,30). The number of benzene rings is 1. The van der Waals surface area contributed by atoms with E-state index in [1.807, 2.05) is 0 Å². The molecule has 1 aromatic carbocycles. The van der Waals surface area contributed by atoms with Gasteiger partial charge in [0, 0.05) is 35.8 Å². The lowest BCUT2D eigenvalue weighted by Crippen LogP contribution is -2.31. The number of carbonyl (C=O) groups is 1. The lowest BCUT2D eigenvalue weighted by molar-refractivity contribution is 0.0938. The van der Waals surface area contributed by atoms with Crippen LogP contribution in [0.3, 0.4) is 0 Å². The van der Waals surface area contributed by atoms with Gasteiger partial charge in [-0.25, -0.2) is 9.37 Å². The number of hydrogen-bond acceptors (Lipinski definition) is 6. The van der Waals surface area contributed by atoms with Crippen LogP contribution in [0.5, 0.6) is 0 Å². The first-order chi connectivity index (χ1) is 15.2. The summed E-state index contributed by atoms with van der Waals surface area (Å²) >= 11 is 0. The number of carbonyl (C=O) groups excluding carboxylic acids is 1. The van der Waals surface area contributed by atoms with Crippen molar-refractivity contribution < 1.29 is 13.6 Å². The second kappa shape index (κ2) is 8.25. The molecule has 1 saturated carbocycles. The van der Waals surface area contributed by atoms with E-state index in [1.165, 1.54) is 12.1 Å². The maximum atomic E-state index is 13.3. The number of nitrogens with one attached hydrogen (secondary N) is 2. The Morgan fingerprint density at radius 2 is 2.03 bits per heavy atom. The van der Waals surface area contributed by atoms with Crippen molar-refractivity contribution in [3.8, 4) is 11.6 Å². The van der Waals surface area contributed by atoms with Crippen molar-refractivity contribution in [3.63, 3.8) is 0 Å². The minimum Gasteiger partial charge on any atom is -0.419 e. The monoisotopic (exact) mass is 420 g/mol. The Morgan fingerprint density at radius 1 is 1.16 bits per heavy atom. The predicted molar refractivity (Wildman–Crippen MR) is 111 cm³/mol. The molecular formula is C22H21FN6O2. The molecule has 0 spiro atoms. The Bertz CT molecular complexity index is 1200. The number of rotatable bonds is 5. The van der Waals surface area contributed by atoms with Gasteiger partial charge in [0.1, 0.15) is 17.2 Å². The van der Waals surface area contributed by atoms with E-state index in [9.17, 15) is 9.18 Å². The van der Waals surface area contributed by atoms with Gasteiger partial charge in [0.15, 0.2) is 0 Å². The van der Waals surface area contributed by atoms with E-state index in [0.717, 1.165) is 31.2 Å². The van der Waals surface area contributed by atoms with Crippen LogP contribution >= 0.6 is 0 Å². The Morgan fingerprint density at radius 3 is 2.84 bits per heavy atom. The maximum absolute atomic E-state index is 13.3. The first kappa shape index (κ1) is 19.3. The van der Waals surface area contributed by atoms with Crippen molar-refractivity contribution in [1.29, 1.82) is 0 Å². The molecular weight excluding hydrogens is 399 g/mol. The van der Waals surface area contributed by atoms with Gasteiger partial charge >= 0.3 is 0 Å². The zero-order chi connectivity index (χ0) is 21.2. The van der Waals surface area contributed by atoms with Crippen molar-refractivity contribution >= 4 is 16.8 Å². The molecule has 4 aromatic rings. The summed E-state index contributed by atoms with van der Waals surface area (Å²) in [7, 11) is 0. The highest BCUT2D eigenvalue weighted by Crippen LogP contribution is 2.35. The minimum atomic E-state index is -0.319. The van der Waals surface area contributed by atoms with E-state index in [2.05, 4.69) is 30.5 Å². The summed E-state index contributed by atoms with van der Waals surface area (Å²) in [4.78, 5) is 23.7. The number of aromatic amines is 1. The number of fused-ring (bicyclic) bond motifs is 1. The van der Waals surface area contributed by atoms with Crippen LogP contribution in [0, 0.1) is 11.7 Å². The summed E-state index contributed by atoms with van der Waals surface area (Å²) in [5, 5.41) is 12.0. The number of aromatic nitrogens is 5. The predicted octanol–water partition coefficient (Wildman–Crippen LogP) is 3.85. The summed E-state index contributed by atoms with van der Waals surface area (Å²) in [5.74, 6) is 1.13. The topological polar surface area (TPSA) is 110 Å². The van der Waals surface area contributed by atoms with Gasteiger partial charge in [0.2, 0.25) is 5.89 Å². The van der Waals surface area contributed by atoms with Crippen LogP contribution in [-0.4, -0.2) is 37.6 Å². The lowest BCUT2D eigenvalue weighted by atomic mass is 9.82. The maximum Gasteiger partial charge on any atom is 0.267 e. The second-order valence-electron chi connectivity index (χ2n) is 7.88. The van der Waals surface area contributed by atoms with Crippen molar-refractivity contribution in [2.45, 2.75) is 31.6 Å². The normalized spacial score (nSPS) is 18.9. The van der Waals surface area contributed by atoms with Crippen LogP contribution in [0.4, 0.5) is 4.39 Å². The van der Waals surface area contributed by atoms with Gasteiger partial charge in [-0.3, -0.25) is 9.78 Å². The van der Waals surface area contributed by atoms with Gasteiger partial charge in [0.25, 0.3) is 11.8 Å². The summed E-state index contributed by atoms with van der Waals surface area (Å²) in [6.45, 7) is 0.601. The second-order valence-corrected chi connectivity index (χ2v) is 7.88. The molecule has 1 aliphatic carbocycles. The smallest absolute Gasteiger partial charge is 0.267 e. The van der Waals surface area contributed by atoms with E-state index in [4.69, 9.17) is 4.42 Å². The molecule has 1 aliphatic rings. The Kier molecular flexibility index (Phi) is 5.15. The molecule has 0 atom stereocenters. The molecule has 1 amide bonds. The fourth-order valence-electron chi connectivity index (χ4n) is 4.08. The van der Waals surface area contributed by atoms with Crippen LogP contribution in [-0.2, 0) is 0 Å². The van der Waals surface area contributed by atoms with Crippen LogP contribution in [0.25, 0.3) is 22.5 Å². The van der Waals surface area contributed by atoms with Gasteiger partial charge in [0.05, 0.1) is 6.20 Å². The highest BCUT2D eigenvalue weighted by Gasteiger charge is 2.27. The quantitative estimate of drug-likeness (QED) is 0.508. The van der Waals surface area contributed by atoms with Crippen LogP contribution in [0.15, 0.2) is 47.3 Å². The van der Waals surface area contributed by atoms with Gasteiger partial charge in [-0.15, -0.1) is 10.2 Å². The molecule has 0 unspecified atom stereocenters. The van der Waals surface area contributed by atoms with E-state index < -0.39 is 0 Å². The third-order valence-corrected chi connectivity index (χ3v) is 5.80. The average Bonchev–Trinajstić information content (AvgIpc) is 3.46. The van der Waals surface area contributed by atoms with Gasteiger partial charge in [-0.05, 0) is 55.9 Å². The lowest BCUT2D eigenvalue weighted by Gasteiger charge is -2.26. The number of hydrogen-bond donors (Lipinski definition) is 2.